The van der Waals surface area contributed by atoms with E-state index < -0.39 is 10.1 Å². The van der Waals surface area contributed by atoms with Crippen LogP contribution in [0.1, 0.15) is 18.2 Å². The number of hydrogen-bond donors (Lipinski definition) is 1. The minimum atomic E-state index is -3.71. The number of benzene rings is 1. The number of methoxy groups -OCH3 is 1. The molecule has 0 bridgehead atoms. The summed E-state index contributed by atoms with van der Waals surface area (Å²) in [6.07, 6.45) is 2.49. The van der Waals surface area contributed by atoms with Crippen LogP contribution in [-0.2, 0) is 23.2 Å². The maximum absolute atomic E-state index is 12.3. The number of nitrogens with zero attached hydrogens (tertiary/aromatic N) is 1. The third-order valence-corrected chi connectivity index (χ3v) is 3.87. The van der Waals surface area contributed by atoms with E-state index in [1.54, 1.807) is 29.2 Å². The van der Waals surface area contributed by atoms with Crippen LogP contribution < -0.4 is 14.2 Å². The molecule has 1 heterocycles. The molecule has 0 aliphatic heterocycles. The van der Waals surface area contributed by atoms with Crippen molar-refractivity contribution in [3.05, 3.63) is 47.9 Å². The molecule has 26 heavy (non-hydrogen) atoms. The molecule has 2 aromatic rings. The van der Waals surface area contributed by atoms with Gasteiger partial charge in [-0.15, -0.1) is 0 Å². The van der Waals surface area contributed by atoms with Gasteiger partial charge in [-0.3, -0.25) is 0 Å². The Morgan fingerprint density at radius 1 is 1.23 bits per heavy atom. The molecule has 0 saturated heterocycles. The lowest BCUT2D eigenvalue weighted by Gasteiger charge is -2.22. The Kier molecular flexibility index (Phi) is 6.51. The van der Waals surface area contributed by atoms with E-state index in [1.807, 2.05) is 6.92 Å². The molecule has 1 aromatic heterocycles. The predicted octanol–water partition coefficient (Wildman–Crippen LogP) is 2.36. The van der Waals surface area contributed by atoms with Crippen molar-refractivity contribution in [3.8, 4) is 11.5 Å². The molecule has 0 spiro atoms. The molecule has 2 rings (SSSR count). The van der Waals surface area contributed by atoms with Gasteiger partial charge in [0.25, 0.3) is 0 Å². The molecule has 0 saturated carbocycles. The third kappa shape index (κ3) is 5.69. The summed E-state index contributed by atoms with van der Waals surface area (Å²) >= 11 is 0. The van der Waals surface area contributed by atoms with Gasteiger partial charge in [-0.05, 0) is 36.8 Å². The average molecular weight is 382 g/mol. The van der Waals surface area contributed by atoms with E-state index >= 15 is 0 Å². The number of carbonyl (C=O) groups excluding carboxylic acids is 1. The topological polar surface area (TPSA) is 98.1 Å². The van der Waals surface area contributed by atoms with E-state index in [4.69, 9.17) is 13.3 Å². The van der Waals surface area contributed by atoms with Crippen LogP contribution >= 0.6 is 0 Å². The number of hydrogen-bond acceptors (Lipinski definition) is 6. The summed E-state index contributed by atoms with van der Waals surface area (Å²) < 4.78 is 38.3. The van der Waals surface area contributed by atoms with Gasteiger partial charge in [0.05, 0.1) is 26.2 Å². The summed E-state index contributed by atoms with van der Waals surface area (Å²) in [6.45, 7) is 2.82. The zero-order chi connectivity index (χ0) is 19.2. The molecule has 1 N–H and O–H groups in total. The van der Waals surface area contributed by atoms with Crippen LogP contribution in [0.5, 0.6) is 11.5 Å². The van der Waals surface area contributed by atoms with Crippen molar-refractivity contribution in [2.75, 3.05) is 19.9 Å². The van der Waals surface area contributed by atoms with Crippen molar-refractivity contribution in [1.82, 2.24) is 10.2 Å². The fraction of sp³-hybridized carbons (Fsp3) is 0.353. The second-order valence-electron chi connectivity index (χ2n) is 5.54. The highest BCUT2D eigenvalue weighted by atomic mass is 32.2. The van der Waals surface area contributed by atoms with Gasteiger partial charge in [0, 0.05) is 13.1 Å². The Labute approximate surface area is 152 Å². The Balaban J connectivity index is 2.26. The molecule has 0 fully saturated rings. The van der Waals surface area contributed by atoms with Gasteiger partial charge in [0.2, 0.25) is 0 Å². The van der Waals surface area contributed by atoms with Gasteiger partial charge >= 0.3 is 16.1 Å². The van der Waals surface area contributed by atoms with Gasteiger partial charge in [0.1, 0.15) is 5.76 Å². The first-order chi connectivity index (χ1) is 12.3. The molecule has 8 nitrogen and oxygen atoms in total. The Morgan fingerprint density at radius 2 is 2.00 bits per heavy atom. The van der Waals surface area contributed by atoms with Gasteiger partial charge in [0.15, 0.2) is 11.5 Å². The molecule has 0 unspecified atom stereocenters. The molecular weight excluding hydrogens is 360 g/mol. The van der Waals surface area contributed by atoms with Crippen LogP contribution in [0.15, 0.2) is 41.0 Å². The van der Waals surface area contributed by atoms with E-state index in [9.17, 15) is 13.2 Å². The molecular formula is C17H22N2O6S. The van der Waals surface area contributed by atoms with Crippen molar-refractivity contribution in [2.24, 2.45) is 0 Å². The third-order valence-electron chi connectivity index (χ3n) is 3.38. The van der Waals surface area contributed by atoms with Crippen LogP contribution in [0.4, 0.5) is 4.79 Å². The highest BCUT2D eigenvalue weighted by molar-refractivity contribution is 7.86. The summed E-state index contributed by atoms with van der Waals surface area (Å²) in [7, 11) is -2.29. The second-order valence-corrected chi connectivity index (χ2v) is 7.12. The van der Waals surface area contributed by atoms with Crippen molar-refractivity contribution in [2.45, 2.75) is 20.0 Å². The summed E-state index contributed by atoms with van der Waals surface area (Å²) in [5, 5.41) is 2.75. The summed E-state index contributed by atoms with van der Waals surface area (Å²) in [4.78, 5) is 13.9. The highest BCUT2D eigenvalue weighted by Gasteiger charge is 2.17. The lowest BCUT2D eigenvalue weighted by atomic mass is 10.2. The number of amides is 2. The van der Waals surface area contributed by atoms with Crippen LogP contribution in [0.3, 0.4) is 0 Å². The predicted molar refractivity (Wildman–Crippen MR) is 95.5 cm³/mol. The first-order valence-electron chi connectivity index (χ1n) is 7.94. The Hall–Kier alpha value is -2.68. The molecule has 0 aliphatic carbocycles. The van der Waals surface area contributed by atoms with Crippen molar-refractivity contribution < 1.29 is 26.5 Å². The van der Waals surface area contributed by atoms with E-state index in [0.717, 1.165) is 6.26 Å². The molecule has 1 aromatic carbocycles. The number of carbonyl (C=O) groups is 1. The lowest BCUT2D eigenvalue weighted by molar-refractivity contribution is 0.188. The monoisotopic (exact) mass is 382 g/mol. The van der Waals surface area contributed by atoms with Crippen molar-refractivity contribution in [3.63, 3.8) is 0 Å². The second kappa shape index (κ2) is 8.61. The fourth-order valence-corrected chi connectivity index (χ4v) is 2.78. The highest BCUT2D eigenvalue weighted by Crippen LogP contribution is 2.29. The van der Waals surface area contributed by atoms with E-state index in [1.165, 1.54) is 19.4 Å². The van der Waals surface area contributed by atoms with Gasteiger partial charge in [-0.25, -0.2) is 4.79 Å². The van der Waals surface area contributed by atoms with Gasteiger partial charge < -0.3 is 23.6 Å². The number of ether oxygens (including phenoxy) is 1. The maximum atomic E-state index is 12.3. The van der Waals surface area contributed by atoms with E-state index in [0.29, 0.717) is 17.9 Å². The number of urea groups is 1. The van der Waals surface area contributed by atoms with Crippen LogP contribution in [0.25, 0.3) is 0 Å². The number of rotatable bonds is 8. The summed E-state index contributed by atoms with van der Waals surface area (Å²) in [5.74, 6) is 0.994. The standard InChI is InChI=1S/C17H22N2O6S/c1-4-18-17(20)19(12-14-6-5-9-24-14)11-13-7-8-15(23-2)16(10-13)25-26(3,21)22/h5-10H,4,11-12H2,1-3H3,(H,18,20). The number of furan rings is 1. The maximum Gasteiger partial charge on any atom is 0.318 e. The zero-order valence-electron chi connectivity index (χ0n) is 14.9. The first kappa shape index (κ1) is 19.6. The first-order valence-corrected chi connectivity index (χ1v) is 9.75. The summed E-state index contributed by atoms with van der Waals surface area (Å²) in [5.41, 5.74) is 0.683. The van der Waals surface area contributed by atoms with E-state index in [-0.39, 0.29) is 30.6 Å². The zero-order valence-corrected chi connectivity index (χ0v) is 15.7. The fourth-order valence-electron chi connectivity index (χ4n) is 2.32. The molecule has 0 atom stereocenters. The van der Waals surface area contributed by atoms with Crippen LogP contribution in [0, 0.1) is 0 Å². The average Bonchev–Trinajstić information content (AvgIpc) is 3.06. The minimum Gasteiger partial charge on any atom is -0.493 e. The molecule has 2 amide bonds. The number of nitrogens with one attached hydrogen (secondary N) is 1. The molecule has 142 valence electrons. The Morgan fingerprint density at radius 3 is 2.58 bits per heavy atom. The van der Waals surface area contributed by atoms with Crippen LogP contribution in [0.2, 0.25) is 0 Å². The molecule has 9 heteroatoms. The Bertz CT molecular complexity index is 833. The van der Waals surface area contributed by atoms with Gasteiger partial charge in [-0.1, -0.05) is 6.07 Å². The van der Waals surface area contributed by atoms with E-state index in [2.05, 4.69) is 5.32 Å². The molecule has 0 radical (unpaired) electrons. The van der Waals surface area contributed by atoms with Crippen molar-refractivity contribution >= 4 is 16.1 Å². The van der Waals surface area contributed by atoms with Gasteiger partial charge in [-0.2, -0.15) is 8.42 Å². The molecule has 0 aliphatic rings. The van der Waals surface area contributed by atoms with Crippen LogP contribution in [-0.4, -0.2) is 39.3 Å². The quantitative estimate of drug-likeness (QED) is 0.704. The van der Waals surface area contributed by atoms with Crippen molar-refractivity contribution in [1.29, 1.82) is 0 Å². The lowest BCUT2D eigenvalue weighted by Crippen LogP contribution is -2.38. The summed E-state index contributed by atoms with van der Waals surface area (Å²) in [6, 6.07) is 8.13. The normalized spacial score (nSPS) is 11.0. The SMILES string of the molecule is CCNC(=O)N(Cc1ccc(OC)c(OS(C)(=O)=O)c1)Cc1ccco1. The minimum absolute atomic E-state index is 0.0707. The smallest absolute Gasteiger partial charge is 0.318 e. The largest absolute Gasteiger partial charge is 0.493 e.